The second-order valence-corrected chi connectivity index (χ2v) is 5.78. The molecule has 6 nitrogen and oxygen atoms in total. The smallest absolute Gasteiger partial charge is 0.273 e. The number of Topliss-reactive ketones (excluding diaryl/α,β-unsaturated/α-hetero) is 1. The molecule has 1 aliphatic heterocycles. The van der Waals surface area contributed by atoms with Gasteiger partial charge >= 0.3 is 0 Å². The molecule has 0 saturated carbocycles. The fourth-order valence-electron chi connectivity index (χ4n) is 3.22. The van der Waals surface area contributed by atoms with E-state index >= 15 is 0 Å². The predicted molar refractivity (Wildman–Crippen MR) is 85.0 cm³/mol. The molecule has 0 bridgehead atoms. The van der Waals surface area contributed by atoms with Crippen LogP contribution in [0.1, 0.15) is 34.5 Å². The number of aromatic nitrogens is 1. The van der Waals surface area contributed by atoms with E-state index in [0.29, 0.717) is 60.9 Å². The third-order valence-corrected chi connectivity index (χ3v) is 4.33. The van der Waals surface area contributed by atoms with E-state index in [4.69, 9.17) is 9.47 Å². The lowest BCUT2D eigenvalue weighted by Crippen LogP contribution is -2.29. The largest absolute Gasteiger partial charge is 0.486 e. The Morgan fingerprint density at radius 1 is 1.04 bits per heavy atom. The van der Waals surface area contributed by atoms with E-state index in [1.807, 2.05) is 6.07 Å². The molecule has 0 spiro atoms. The van der Waals surface area contributed by atoms with Gasteiger partial charge < -0.3 is 9.47 Å². The van der Waals surface area contributed by atoms with E-state index in [-0.39, 0.29) is 11.3 Å². The second kappa shape index (κ2) is 5.53. The number of hydrogen-bond donors (Lipinski definition) is 0. The summed E-state index contributed by atoms with van der Waals surface area (Å²) in [4.78, 5) is 24.9. The standard InChI is InChI=1S/C18H14N2O4/c19-10-11-8-13-14(2-1-3-15(13)21)20(18(11)22)12-4-5-16-17(9-12)24-7-6-23-16/h4-5,8-9H,1-3,6-7H2. The molecule has 0 atom stereocenters. The minimum atomic E-state index is -0.414. The number of benzene rings is 1. The minimum absolute atomic E-state index is 0.0287. The molecule has 0 fully saturated rings. The van der Waals surface area contributed by atoms with Crippen LogP contribution in [0.25, 0.3) is 5.69 Å². The van der Waals surface area contributed by atoms with Gasteiger partial charge in [-0.05, 0) is 31.0 Å². The first kappa shape index (κ1) is 14.5. The van der Waals surface area contributed by atoms with Crippen LogP contribution in [0.2, 0.25) is 0 Å². The Labute approximate surface area is 137 Å². The van der Waals surface area contributed by atoms with Gasteiger partial charge in [-0.2, -0.15) is 5.26 Å². The number of carbonyl (C=O) groups excluding carboxylic acids is 1. The molecule has 1 aliphatic carbocycles. The molecule has 2 aromatic rings. The van der Waals surface area contributed by atoms with Crippen LogP contribution in [0.5, 0.6) is 11.5 Å². The summed E-state index contributed by atoms with van der Waals surface area (Å²) in [6.45, 7) is 0.931. The van der Waals surface area contributed by atoms with E-state index in [2.05, 4.69) is 0 Å². The Kier molecular flexibility index (Phi) is 3.35. The van der Waals surface area contributed by atoms with E-state index in [0.717, 1.165) is 0 Å². The molecule has 1 aromatic heterocycles. The van der Waals surface area contributed by atoms with Crippen molar-refractivity contribution in [1.82, 2.24) is 4.57 Å². The molecule has 4 rings (SSSR count). The molecule has 2 heterocycles. The Morgan fingerprint density at radius 2 is 1.83 bits per heavy atom. The summed E-state index contributed by atoms with van der Waals surface area (Å²) in [6.07, 6.45) is 1.76. The predicted octanol–water partition coefficient (Wildman–Crippen LogP) is 2.00. The molecule has 0 unspecified atom stereocenters. The first-order valence-corrected chi connectivity index (χ1v) is 7.81. The van der Waals surface area contributed by atoms with Crippen molar-refractivity contribution in [2.45, 2.75) is 19.3 Å². The average Bonchev–Trinajstić information content (AvgIpc) is 2.61. The highest BCUT2D eigenvalue weighted by atomic mass is 16.6. The zero-order valence-corrected chi connectivity index (χ0v) is 12.9. The van der Waals surface area contributed by atoms with Gasteiger partial charge in [0.05, 0.1) is 5.69 Å². The zero-order chi connectivity index (χ0) is 16.7. The van der Waals surface area contributed by atoms with Crippen molar-refractivity contribution >= 4 is 5.78 Å². The topological polar surface area (TPSA) is 81.3 Å². The molecule has 6 heteroatoms. The summed E-state index contributed by atoms with van der Waals surface area (Å²) in [5.74, 6) is 1.15. The summed E-state index contributed by atoms with van der Waals surface area (Å²) in [6, 6.07) is 8.53. The molecular formula is C18H14N2O4. The third-order valence-electron chi connectivity index (χ3n) is 4.33. The number of nitriles is 1. The number of fused-ring (bicyclic) bond motifs is 2. The van der Waals surface area contributed by atoms with Crippen LogP contribution in [0.3, 0.4) is 0 Å². The van der Waals surface area contributed by atoms with Gasteiger partial charge in [-0.15, -0.1) is 0 Å². The van der Waals surface area contributed by atoms with Crippen LogP contribution >= 0.6 is 0 Å². The van der Waals surface area contributed by atoms with E-state index in [1.165, 1.54) is 10.6 Å². The van der Waals surface area contributed by atoms with Gasteiger partial charge in [0.25, 0.3) is 5.56 Å². The van der Waals surface area contributed by atoms with Gasteiger partial charge in [0.2, 0.25) is 0 Å². The second-order valence-electron chi connectivity index (χ2n) is 5.78. The molecule has 0 N–H and O–H groups in total. The molecule has 1 aromatic carbocycles. The van der Waals surface area contributed by atoms with Gasteiger partial charge in [0.15, 0.2) is 17.3 Å². The summed E-state index contributed by atoms with van der Waals surface area (Å²) in [7, 11) is 0. The lowest BCUT2D eigenvalue weighted by atomic mass is 9.93. The number of carbonyl (C=O) groups is 1. The Morgan fingerprint density at radius 3 is 2.62 bits per heavy atom. The number of nitrogens with zero attached hydrogens (tertiary/aromatic N) is 2. The lowest BCUT2D eigenvalue weighted by Gasteiger charge is -2.23. The molecular weight excluding hydrogens is 308 g/mol. The SMILES string of the molecule is N#Cc1cc2c(n(-c3ccc4c(c3)OCCO4)c1=O)CCCC2=O. The molecule has 0 radical (unpaired) electrons. The number of hydrogen-bond acceptors (Lipinski definition) is 5. The quantitative estimate of drug-likeness (QED) is 0.802. The molecule has 2 aliphatic rings. The van der Waals surface area contributed by atoms with Crippen molar-refractivity contribution in [1.29, 1.82) is 5.26 Å². The van der Waals surface area contributed by atoms with Crippen LogP contribution in [-0.4, -0.2) is 23.6 Å². The van der Waals surface area contributed by atoms with Gasteiger partial charge in [-0.1, -0.05) is 0 Å². The van der Waals surface area contributed by atoms with Crippen molar-refractivity contribution in [2.75, 3.05) is 13.2 Å². The maximum Gasteiger partial charge on any atom is 0.273 e. The van der Waals surface area contributed by atoms with Crippen molar-refractivity contribution in [3.63, 3.8) is 0 Å². The number of pyridine rings is 1. The highest BCUT2D eigenvalue weighted by Crippen LogP contribution is 2.33. The summed E-state index contributed by atoms with van der Waals surface area (Å²) >= 11 is 0. The van der Waals surface area contributed by atoms with Crippen molar-refractivity contribution in [3.8, 4) is 23.3 Å². The third kappa shape index (κ3) is 2.17. The van der Waals surface area contributed by atoms with Crippen LogP contribution < -0.4 is 15.0 Å². The number of ether oxygens (including phenoxy) is 2. The van der Waals surface area contributed by atoms with Crippen molar-refractivity contribution in [2.24, 2.45) is 0 Å². The van der Waals surface area contributed by atoms with Crippen LogP contribution in [0.15, 0.2) is 29.1 Å². The monoisotopic (exact) mass is 322 g/mol. The maximum atomic E-state index is 12.7. The molecule has 24 heavy (non-hydrogen) atoms. The average molecular weight is 322 g/mol. The zero-order valence-electron chi connectivity index (χ0n) is 12.9. The highest BCUT2D eigenvalue weighted by molar-refractivity contribution is 5.98. The van der Waals surface area contributed by atoms with Gasteiger partial charge in [-0.3, -0.25) is 14.2 Å². The van der Waals surface area contributed by atoms with Crippen LogP contribution in [0, 0.1) is 11.3 Å². The fourth-order valence-corrected chi connectivity index (χ4v) is 3.22. The van der Waals surface area contributed by atoms with E-state index < -0.39 is 5.56 Å². The number of ketones is 1. The molecule has 0 amide bonds. The first-order valence-electron chi connectivity index (χ1n) is 7.81. The lowest BCUT2D eigenvalue weighted by molar-refractivity contribution is 0.0971. The Bertz CT molecular complexity index is 953. The van der Waals surface area contributed by atoms with Gasteiger partial charge in [-0.25, -0.2) is 0 Å². The van der Waals surface area contributed by atoms with E-state index in [9.17, 15) is 14.9 Å². The van der Waals surface area contributed by atoms with Crippen molar-refractivity contribution < 1.29 is 14.3 Å². The Balaban J connectivity index is 1.98. The summed E-state index contributed by atoms with van der Waals surface area (Å²) < 4.78 is 12.5. The molecule has 0 saturated heterocycles. The normalized spacial score (nSPS) is 15.5. The van der Waals surface area contributed by atoms with Crippen LogP contribution in [0.4, 0.5) is 0 Å². The van der Waals surface area contributed by atoms with Gasteiger partial charge in [0.1, 0.15) is 24.8 Å². The van der Waals surface area contributed by atoms with Crippen LogP contribution in [-0.2, 0) is 6.42 Å². The Hall–Kier alpha value is -3.07. The van der Waals surface area contributed by atoms with Crippen molar-refractivity contribution in [3.05, 3.63) is 51.4 Å². The highest BCUT2D eigenvalue weighted by Gasteiger charge is 2.24. The van der Waals surface area contributed by atoms with Gasteiger partial charge in [0, 0.05) is 23.7 Å². The fraction of sp³-hybridized carbons (Fsp3) is 0.278. The van der Waals surface area contributed by atoms with E-state index in [1.54, 1.807) is 18.2 Å². The first-order chi connectivity index (χ1) is 11.7. The molecule has 120 valence electrons. The minimum Gasteiger partial charge on any atom is -0.486 e. The summed E-state index contributed by atoms with van der Waals surface area (Å²) in [5.41, 5.74) is 1.26. The summed E-state index contributed by atoms with van der Waals surface area (Å²) in [5, 5.41) is 9.25. The maximum absolute atomic E-state index is 12.7. The number of rotatable bonds is 1.